The van der Waals surface area contributed by atoms with Crippen molar-refractivity contribution in [2.24, 2.45) is 0 Å². The van der Waals surface area contributed by atoms with Crippen molar-refractivity contribution < 1.29 is 8.42 Å². The number of rotatable bonds is 6. The van der Waals surface area contributed by atoms with Crippen molar-refractivity contribution in [3.63, 3.8) is 0 Å². The van der Waals surface area contributed by atoms with Gasteiger partial charge in [-0.1, -0.05) is 30.3 Å². The Morgan fingerprint density at radius 3 is 2.33 bits per heavy atom. The Morgan fingerprint density at radius 2 is 1.71 bits per heavy atom. The third-order valence-electron chi connectivity index (χ3n) is 4.25. The quantitative estimate of drug-likeness (QED) is 0.850. The minimum atomic E-state index is -3.40. The highest BCUT2D eigenvalue weighted by molar-refractivity contribution is 7.91. The zero-order chi connectivity index (χ0) is 17.0. The predicted octanol–water partition coefficient (Wildman–Crippen LogP) is 1.97. The van der Waals surface area contributed by atoms with Crippen LogP contribution in [0.3, 0.4) is 0 Å². The van der Waals surface area contributed by atoms with Gasteiger partial charge < -0.3 is 4.90 Å². The lowest BCUT2D eigenvalue weighted by atomic mass is 10.1. The molecule has 0 unspecified atom stereocenters. The molecule has 2 aromatic rings. The van der Waals surface area contributed by atoms with Crippen LogP contribution < -0.4 is 4.72 Å². The molecule has 3 rings (SSSR count). The minimum Gasteiger partial charge on any atom is -0.304 e. The van der Waals surface area contributed by atoms with Crippen molar-refractivity contribution in [1.82, 2.24) is 14.5 Å². The molecule has 0 spiro atoms. The first-order valence-electron chi connectivity index (χ1n) is 8.05. The van der Waals surface area contributed by atoms with Gasteiger partial charge in [-0.2, -0.15) is 0 Å². The summed E-state index contributed by atoms with van der Waals surface area (Å²) in [5.41, 5.74) is 2.24. The van der Waals surface area contributed by atoms with Crippen LogP contribution in [0.4, 0.5) is 0 Å². The van der Waals surface area contributed by atoms with Gasteiger partial charge in [0.15, 0.2) is 0 Å². The number of piperazine rings is 1. The van der Waals surface area contributed by atoms with E-state index in [1.807, 2.05) is 12.1 Å². The van der Waals surface area contributed by atoms with E-state index in [1.165, 1.54) is 16.9 Å². The molecule has 1 fully saturated rings. The van der Waals surface area contributed by atoms with Crippen LogP contribution in [0, 0.1) is 0 Å². The van der Waals surface area contributed by atoms with Crippen molar-refractivity contribution in [3.05, 3.63) is 52.9 Å². The van der Waals surface area contributed by atoms with Crippen LogP contribution in [0.5, 0.6) is 0 Å². The molecule has 24 heavy (non-hydrogen) atoms. The monoisotopic (exact) mass is 365 g/mol. The second kappa shape index (κ2) is 7.76. The molecule has 7 heteroatoms. The summed E-state index contributed by atoms with van der Waals surface area (Å²) >= 11 is 1.23. The van der Waals surface area contributed by atoms with Gasteiger partial charge in [0.2, 0.25) is 10.0 Å². The smallest absolute Gasteiger partial charge is 0.250 e. The summed E-state index contributed by atoms with van der Waals surface area (Å²) in [6.07, 6.45) is 0. The van der Waals surface area contributed by atoms with E-state index in [1.54, 1.807) is 17.5 Å². The highest BCUT2D eigenvalue weighted by Gasteiger charge is 2.15. The lowest BCUT2D eigenvalue weighted by molar-refractivity contribution is 0.148. The van der Waals surface area contributed by atoms with Crippen LogP contribution in [0.25, 0.3) is 0 Å². The Morgan fingerprint density at radius 1 is 1.04 bits per heavy atom. The van der Waals surface area contributed by atoms with Crippen molar-refractivity contribution in [3.8, 4) is 0 Å². The number of nitrogens with zero attached hydrogens (tertiary/aromatic N) is 2. The molecule has 1 saturated heterocycles. The topological polar surface area (TPSA) is 52.6 Å². The maximum absolute atomic E-state index is 12.1. The number of hydrogen-bond donors (Lipinski definition) is 1. The number of likely N-dealkylation sites (N-methyl/N-ethyl adjacent to an activating group) is 1. The van der Waals surface area contributed by atoms with E-state index in [0.29, 0.717) is 10.8 Å². The van der Waals surface area contributed by atoms with E-state index in [9.17, 15) is 8.42 Å². The molecule has 130 valence electrons. The van der Waals surface area contributed by atoms with Gasteiger partial charge >= 0.3 is 0 Å². The fourth-order valence-corrected chi connectivity index (χ4v) is 4.75. The van der Waals surface area contributed by atoms with Crippen molar-refractivity contribution in [2.45, 2.75) is 17.3 Å². The van der Waals surface area contributed by atoms with E-state index < -0.39 is 10.0 Å². The van der Waals surface area contributed by atoms with Crippen LogP contribution in [0.15, 0.2) is 46.0 Å². The summed E-state index contributed by atoms with van der Waals surface area (Å²) < 4.78 is 27.2. The summed E-state index contributed by atoms with van der Waals surface area (Å²) in [6.45, 7) is 5.69. The molecule has 0 radical (unpaired) electrons. The Balaban J connectivity index is 1.53. The van der Waals surface area contributed by atoms with Crippen molar-refractivity contribution in [2.75, 3.05) is 33.2 Å². The molecule has 0 atom stereocenters. The highest BCUT2D eigenvalue weighted by atomic mass is 32.2. The third kappa shape index (κ3) is 4.64. The largest absolute Gasteiger partial charge is 0.304 e. The number of thiophene rings is 1. The molecule has 0 bridgehead atoms. The first kappa shape index (κ1) is 17.6. The van der Waals surface area contributed by atoms with Crippen LogP contribution in [0.1, 0.15) is 11.1 Å². The van der Waals surface area contributed by atoms with Crippen LogP contribution in [0.2, 0.25) is 0 Å². The zero-order valence-electron chi connectivity index (χ0n) is 13.8. The molecule has 1 aromatic carbocycles. The molecule has 0 saturated carbocycles. The minimum absolute atomic E-state index is 0.315. The normalized spacial score (nSPS) is 17.2. The molecular formula is C17H23N3O2S2. The maximum Gasteiger partial charge on any atom is 0.250 e. The lowest BCUT2D eigenvalue weighted by Crippen LogP contribution is -2.43. The molecule has 0 aliphatic carbocycles. The Labute approximate surface area is 148 Å². The summed E-state index contributed by atoms with van der Waals surface area (Å²) in [7, 11) is -1.24. The molecule has 1 aromatic heterocycles. The lowest BCUT2D eigenvalue weighted by Gasteiger charge is -2.32. The molecule has 1 N–H and O–H groups in total. The third-order valence-corrected chi connectivity index (χ3v) is 7.05. The molecular weight excluding hydrogens is 342 g/mol. The van der Waals surface area contributed by atoms with Gasteiger partial charge in [0.05, 0.1) is 0 Å². The van der Waals surface area contributed by atoms with E-state index >= 15 is 0 Å². The second-order valence-corrected chi connectivity index (χ2v) is 9.09. The number of hydrogen-bond acceptors (Lipinski definition) is 5. The fourth-order valence-electron chi connectivity index (χ4n) is 2.69. The summed E-state index contributed by atoms with van der Waals surface area (Å²) in [5.74, 6) is 0. The molecule has 0 amide bonds. The van der Waals surface area contributed by atoms with Gasteiger partial charge in [-0.3, -0.25) is 4.90 Å². The van der Waals surface area contributed by atoms with Crippen LogP contribution in [-0.4, -0.2) is 51.4 Å². The average molecular weight is 366 g/mol. The number of sulfonamides is 1. The Hall–Kier alpha value is -1.25. The molecule has 1 aliphatic rings. The van der Waals surface area contributed by atoms with Crippen molar-refractivity contribution in [1.29, 1.82) is 0 Å². The predicted molar refractivity (Wildman–Crippen MR) is 97.6 cm³/mol. The second-order valence-electron chi connectivity index (χ2n) is 6.15. The Bertz CT molecular complexity index is 735. The zero-order valence-corrected chi connectivity index (χ0v) is 15.4. The van der Waals surface area contributed by atoms with E-state index in [4.69, 9.17) is 0 Å². The van der Waals surface area contributed by atoms with Crippen LogP contribution >= 0.6 is 11.3 Å². The van der Waals surface area contributed by atoms with Gasteiger partial charge in [-0.15, -0.1) is 11.3 Å². The van der Waals surface area contributed by atoms with Crippen molar-refractivity contribution >= 4 is 21.4 Å². The summed E-state index contributed by atoms with van der Waals surface area (Å²) in [4.78, 5) is 4.80. The summed E-state index contributed by atoms with van der Waals surface area (Å²) in [5, 5.41) is 1.77. The van der Waals surface area contributed by atoms with Gasteiger partial charge in [0.1, 0.15) is 4.21 Å². The average Bonchev–Trinajstić information content (AvgIpc) is 3.12. The first-order valence-corrected chi connectivity index (χ1v) is 10.4. The number of benzene rings is 1. The SMILES string of the molecule is CN1CCN(Cc2ccc(CNS(=O)(=O)c3cccs3)cc2)CC1. The molecule has 2 heterocycles. The van der Waals surface area contributed by atoms with Gasteiger partial charge in [-0.05, 0) is 29.6 Å². The Kier molecular flexibility index (Phi) is 5.68. The molecule has 5 nitrogen and oxygen atoms in total. The first-order chi connectivity index (χ1) is 11.5. The van der Waals surface area contributed by atoms with Gasteiger partial charge in [-0.25, -0.2) is 13.1 Å². The van der Waals surface area contributed by atoms with Gasteiger partial charge in [0, 0.05) is 39.3 Å². The van der Waals surface area contributed by atoms with Gasteiger partial charge in [0.25, 0.3) is 0 Å². The van der Waals surface area contributed by atoms with E-state index in [-0.39, 0.29) is 0 Å². The van der Waals surface area contributed by atoms with E-state index in [2.05, 4.69) is 33.7 Å². The highest BCUT2D eigenvalue weighted by Crippen LogP contribution is 2.16. The fraction of sp³-hybridized carbons (Fsp3) is 0.412. The standard InChI is InChI=1S/C17H23N3O2S2/c1-19-8-10-20(11-9-19)14-16-6-4-15(5-7-16)13-18-24(21,22)17-3-2-12-23-17/h2-7,12,18H,8-11,13-14H2,1H3. The number of nitrogens with one attached hydrogen (secondary N) is 1. The summed E-state index contributed by atoms with van der Waals surface area (Å²) in [6, 6.07) is 11.5. The van der Waals surface area contributed by atoms with Crippen LogP contribution in [-0.2, 0) is 23.1 Å². The molecule has 1 aliphatic heterocycles. The van der Waals surface area contributed by atoms with E-state index in [0.717, 1.165) is 38.3 Å². The maximum atomic E-state index is 12.1.